The molecular formula is C20H40OS2. The van der Waals surface area contributed by atoms with Gasteiger partial charge in [0.25, 0.3) is 0 Å². The Morgan fingerprint density at radius 3 is 1.70 bits per heavy atom. The summed E-state index contributed by atoms with van der Waals surface area (Å²) >= 11 is 4.55. The molecule has 0 aliphatic carbocycles. The molecule has 23 heavy (non-hydrogen) atoms. The minimum absolute atomic E-state index is 0.369. The molecule has 1 fully saturated rings. The third kappa shape index (κ3) is 11.0. The largest absolute Gasteiger partial charge is 0.396 e. The molecule has 0 amide bonds. The first kappa shape index (κ1) is 21.7. The summed E-state index contributed by atoms with van der Waals surface area (Å²) in [5.74, 6) is 2.77. The first-order valence-electron chi connectivity index (χ1n) is 10.2. The van der Waals surface area contributed by atoms with Gasteiger partial charge in [-0.3, -0.25) is 0 Å². The first-order chi connectivity index (χ1) is 11.3. The highest BCUT2D eigenvalue weighted by molar-refractivity contribution is 8.18. The van der Waals surface area contributed by atoms with Crippen LogP contribution in [0.25, 0.3) is 0 Å². The maximum atomic E-state index is 8.85. The molecule has 0 atom stereocenters. The molecule has 1 N–H and O–H groups in total. The van der Waals surface area contributed by atoms with E-state index in [1.54, 1.807) is 0 Å². The van der Waals surface area contributed by atoms with Crippen LogP contribution >= 0.6 is 23.5 Å². The van der Waals surface area contributed by atoms with E-state index in [0.717, 1.165) is 6.42 Å². The monoisotopic (exact) mass is 360 g/mol. The maximum Gasteiger partial charge on any atom is 0.0611 e. The molecule has 1 aliphatic rings. The zero-order valence-electron chi connectivity index (χ0n) is 15.5. The van der Waals surface area contributed by atoms with E-state index in [2.05, 4.69) is 30.4 Å². The van der Waals surface area contributed by atoms with Gasteiger partial charge in [0.2, 0.25) is 0 Å². The van der Waals surface area contributed by atoms with Crippen LogP contribution in [0.5, 0.6) is 0 Å². The van der Waals surface area contributed by atoms with Crippen LogP contribution in [0, 0.1) is 0 Å². The van der Waals surface area contributed by atoms with Crippen molar-refractivity contribution in [3.63, 3.8) is 0 Å². The molecule has 0 spiro atoms. The van der Waals surface area contributed by atoms with Crippen LogP contribution in [-0.4, -0.2) is 27.3 Å². The minimum Gasteiger partial charge on any atom is -0.396 e. The summed E-state index contributed by atoms with van der Waals surface area (Å²) < 4.78 is 0.554. The van der Waals surface area contributed by atoms with Crippen molar-refractivity contribution in [1.82, 2.24) is 0 Å². The Balaban J connectivity index is 2.14. The molecule has 1 nitrogen and oxygen atoms in total. The normalized spacial score (nSPS) is 17.5. The summed E-state index contributed by atoms with van der Waals surface area (Å²) in [6.45, 7) is 2.67. The molecule has 3 heteroatoms. The highest BCUT2D eigenvalue weighted by Crippen LogP contribution is 2.49. The zero-order valence-corrected chi connectivity index (χ0v) is 17.1. The fraction of sp³-hybridized carbons (Fsp3) is 1.00. The van der Waals surface area contributed by atoms with Crippen LogP contribution in [0.4, 0.5) is 0 Å². The van der Waals surface area contributed by atoms with E-state index in [9.17, 15) is 0 Å². The van der Waals surface area contributed by atoms with Gasteiger partial charge in [-0.25, -0.2) is 0 Å². The lowest BCUT2D eigenvalue weighted by atomic mass is 10.0. The summed E-state index contributed by atoms with van der Waals surface area (Å²) in [6.07, 6.45) is 20.5. The van der Waals surface area contributed by atoms with Crippen molar-refractivity contribution >= 4 is 23.5 Å². The molecule has 0 radical (unpaired) electrons. The molecule has 1 saturated heterocycles. The molecule has 0 bridgehead atoms. The number of rotatable bonds is 15. The molecule has 1 aliphatic heterocycles. The second-order valence-electron chi connectivity index (χ2n) is 7.07. The maximum absolute atomic E-state index is 8.85. The van der Waals surface area contributed by atoms with E-state index < -0.39 is 0 Å². The number of aliphatic hydroxyl groups excluding tert-OH is 1. The fourth-order valence-corrected chi connectivity index (χ4v) is 6.91. The van der Waals surface area contributed by atoms with E-state index in [4.69, 9.17) is 5.11 Å². The SMILES string of the molecule is CCCCCCCCCC1(CCCCCCCO)SCCCS1. The molecule has 0 unspecified atom stereocenters. The van der Waals surface area contributed by atoms with Crippen LogP contribution in [-0.2, 0) is 0 Å². The van der Waals surface area contributed by atoms with Gasteiger partial charge in [-0.2, -0.15) is 0 Å². The Morgan fingerprint density at radius 1 is 0.696 bits per heavy atom. The van der Waals surface area contributed by atoms with E-state index in [1.165, 1.54) is 101 Å². The lowest BCUT2D eigenvalue weighted by Gasteiger charge is -2.36. The van der Waals surface area contributed by atoms with Crippen molar-refractivity contribution in [3.8, 4) is 0 Å². The molecule has 138 valence electrons. The van der Waals surface area contributed by atoms with Gasteiger partial charge < -0.3 is 5.11 Å². The Morgan fingerprint density at radius 2 is 1.17 bits per heavy atom. The van der Waals surface area contributed by atoms with Crippen molar-refractivity contribution in [2.75, 3.05) is 18.1 Å². The van der Waals surface area contributed by atoms with Crippen molar-refractivity contribution in [2.45, 2.75) is 107 Å². The van der Waals surface area contributed by atoms with Crippen molar-refractivity contribution < 1.29 is 5.11 Å². The zero-order chi connectivity index (χ0) is 16.6. The second-order valence-corrected chi connectivity index (χ2v) is 10.3. The van der Waals surface area contributed by atoms with Crippen LogP contribution in [0.1, 0.15) is 103 Å². The summed E-state index contributed by atoms with van der Waals surface area (Å²) in [5.41, 5.74) is 0. The van der Waals surface area contributed by atoms with Gasteiger partial charge in [0.1, 0.15) is 0 Å². The Hall–Kier alpha value is 0.660. The molecular weight excluding hydrogens is 320 g/mol. The number of hydrogen-bond acceptors (Lipinski definition) is 3. The summed E-state index contributed by atoms with van der Waals surface area (Å²) in [4.78, 5) is 0. The summed E-state index contributed by atoms with van der Waals surface area (Å²) in [5, 5.41) is 8.85. The Kier molecular flexibility index (Phi) is 14.1. The molecule has 0 aromatic heterocycles. The fourth-order valence-electron chi connectivity index (χ4n) is 3.42. The van der Waals surface area contributed by atoms with Gasteiger partial charge >= 0.3 is 0 Å². The van der Waals surface area contributed by atoms with Crippen LogP contribution in [0.15, 0.2) is 0 Å². The topological polar surface area (TPSA) is 20.2 Å². The molecule has 0 saturated carbocycles. The molecule has 0 aromatic carbocycles. The van der Waals surface area contributed by atoms with E-state index in [1.807, 2.05) is 0 Å². The predicted molar refractivity (Wildman–Crippen MR) is 110 cm³/mol. The summed E-state index contributed by atoms with van der Waals surface area (Å²) in [7, 11) is 0. The van der Waals surface area contributed by atoms with Crippen molar-refractivity contribution in [3.05, 3.63) is 0 Å². The predicted octanol–water partition coefficient (Wildman–Crippen LogP) is 7.03. The third-order valence-corrected chi connectivity index (χ3v) is 8.46. The molecule has 1 rings (SSSR count). The van der Waals surface area contributed by atoms with E-state index >= 15 is 0 Å². The van der Waals surface area contributed by atoms with Crippen molar-refractivity contribution in [2.24, 2.45) is 0 Å². The Bertz CT molecular complexity index is 252. The number of aliphatic hydroxyl groups is 1. The van der Waals surface area contributed by atoms with Crippen LogP contribution in [0.2, 0.25) is 0 Å². The molecule has 1 heterocycles. The average molecular weight is 361 g/mol. The first-order valence-corrected chi connectivity index (χ1v) is 12.2. The van der Waals surface area contributed by atoms with Gasteiger partial charge in [0.05, 0.1) is 4.08 Å². The quantitative estimate of drug-likeness (QED) is 0.317. The van der Waals surface area contributed by atoms with Crippen LogP contribution < -0.4 is 0 Å². The second kappa shape index (κ2) is 15.0. The highest BCUT2D eigenvalue weighted by Gasteiger charge is 2.32. The number of thioether (sulfide) groups is 2. The van der Waals surface area contributed by atoms with Gasteiger partial charge in [0.15, 0.2) is 0 Å². The Labute approximate surface area is 154 Å². The number of unbranched alkanes of at least 4 members (excludes halogenated alkanes) is 10. The van der Waals surface area contributed by atoms with Gasteiger partial charge in [-0.1, -0.05) is 77.6 Å². The van der Waals surface area contributed by atoms with Gasteiger partial charge in [-0.05, 0) is 37.2 Å². The van der Waals surface area contributed by atoms with Crippen molar-refractivity contribution in [1.29, 1.82) is 0 Å². The average Bonchev–Trinajstić information content (AvgIpc) is 2.58. The lowest BCUT2D eigenvalue weighted by Crippen LogP contribution is -2.25. The number of hydrogen-bond donors (Lipinski definition) is 1. The van der Waals surface area contributed by atoms with Gasteiger partial charge in [-0.15, -0.1) is 23.5 Å². The highest BCUT2D eigenvalue weighted by atomic mass is 32.2. The smallest absolute Gasteiger partial charge is 0.0611 e. The van der Waals surface area contributed by atoms with E-state index in [0.29, 0.717) is 10.7 Å². The standard InChI is InChI=1S/C20H40OS2/c1-2-3-4-5-6-8-11-15-20(22-18-14-19-23-20)16-12-9-7-10-13-17-21/h21H,2-19H2,1H3. The summed E-state index contributed by atoms with van der Waals surface area (Å²) in [6, 6.07) is 0. The molecule has 0 aromatic rings. The van der Waals surface area contributed by atoms with E-state index in [-0.39, 0.29) is 0 Å². The third-order valence-electron chi connectivity index (χ3n) is 4.90. The lowest BCUT2D eigenvalue weighted by molar-refractivity contribution is 0.282. The van der Waals surface area contributed by atoms with Gasteiger partial charge in [0, 0.05) is 6.61 Å². The minimum atomic E-state index is 0.369. The van der Waals surface area contributed by atoms with Crippen LogP contribution in [0.3, 0.4) is 0 Å².